The van der Waals surface area contributed by atoms with Crippen molar-refractivity contribution in [1.29, 1.82) is 0 Å². The van der Waals surface area contributed by atoms with Crippen molar-refractivity contribution in [1.82, 2.24) is 0 Å². The number of halogens is 4. The molecule has 0 heterocycles. The molecule has 0 saturated heterocycles. The number of benzene rings is 5. The summed E-state index contributed by atoms with van der Waals surface area (Å²) in [6.07, 6.45) is 0. The number of hydrogen-bond donors (Lipinski definition) is 4. The summed E-state index contributed by atoms with van der Waals surface area (Å²) in [5.74, 6) is -4.15. The molecule has 0 aliphatic rings. The van der Waals surface area contributed by atoms with Gasteiger partial charge in [-0.3, -0.25) is 28.8 Å². The molecule has 294 valence electrons. The first kappa shape index (κ1) is 42.8. The Bertz CT molecular complexity index is 2440. The summed E-state index contributed by atoms with van der Waals surface area (Å²) in [5.41, 5.74) is 1.51. The predicted octanol–water partition coefficient (Wildman–Crippen LogP) is 10.2. The van der Waals surface area contributed by atoms with Crippen LogP contribution in [0.2, 0.25) is 20.1 Å². The van der Waals surface area contributed by atoms with E-state index in [1.54, 1.807) is 60.7 Å². The maximum atomic E-state index is 13.2. The first-order valence-electron chi connectivity index (χ1n) is 16.9. The Labute approximate surface area is 351 Å². The summed E-state index contributed by atoms with van der Waals surface area (Å²) in [4.78, 5) is 77.0. The molecule has 0 bridgehead atoms. The highest BCUT2D eigenvalue weighted by atomic mass is 35.5. The van der Waals surface area contributed by atoms with Crippen molar-refractivity contribution < 1.29 is 28.8 Å². The third-order valence-corrected chi connectivity index (χ3v) is 8.79. The molecule has 2 atom stereocenters. The Morgan fingerprint density at radius 3 is 1.28 bits per heavy atom. The van der Waals surface area contributed by atoms with Gasteiger partial charge in [0.2, 0.25) is 12.1 Å². The number of hydrogen-bond acceptors (Lipinski definition) is 10. The average Bonchev–Trinajstić information content (AvgIpc) is 3.16. The second kappa shape index (κ2) is 19.7. The molecule has 0 spiro atoms. The zero-order valence-corrected chi connectivity index (χ0v) is 33.3. The third kappa shape index (κ3) is 11.8. The van der Waals surface area contributed by atoms with Gasteiger partial charge in [0.1, 0.15) is 0 Å². The van der Waals surface area contributed by atoms with E-state index in [4.69, 9.17) is 46.4 Å². The Morgan fingerprint density at radius 1 is 0.483 bits per heavy atom. The first-order valence-corrected chi connectivity index (χ1v) is 18.5. The standard InChI is InChI=1S/C40H30Cl4N8O6/c1-21(53)34(51-49-30-15-23(13-25(41)17-30)37(55)45-27-9-5-3-6-10-27)39(57)47-29-19-32(43)36(33(44)20-29)48-40(58)35(22(2)54)52-50-31-16-24(14-26(42)18-31)38(56)46-28-11-7-4-8-12-28/h3-20,34-35H,1-2H3,(H,45,55)(H,46,56)(H,47,57)(H,48,58). The van der Waals surface area contributed by atoms with E-state index in [0.29, 0.717) is 11.4 Å². The number of anilines is 4. The van der Waals surface area contributed by atoms with E-state index in [1.807, 2.05) is 0 Å². The van der Waals surface area contributed by atoms with E-state index < -0.39 is 47.3 Å². The van der Waals surface area contributed by atoms with E-state index in [-0.39, 0.29) is 54.0 Å². The minimum absolute atomic E-state index is 0.0259. The highest BCUT2D eigenvalue weighted by Crippen LogP contribution is 2.35. The molecular weight excluding hydrogens is 830 g/mol. The minimum Gasteiger partial charge on any atom is -0.324 e. The molecule has 0 fully saturated rings. The number of nitrogens with one attached hydrogen (secondary N) is 4. The van der Waals surface area contributed by atoms with Gasteiger partial charge >= 0.3 is 0 Å². The lowest BCUT2D eigenvalue weighted by molar-refractivity contribution is -0.127. The molecule has 0 saturated carbocycles. The molecule has 0 aliphatic carbocycles. The lowest BCUT2D eigenvalue weighted by Gasteiger charge is -2.15. The normalized spacial score (nSPS) is 12.1. The van der Waals surface area contributed by atoms with Gasteiger partial charge in [-0.2, -0.15) is 20.5 Å². The molecule has 5 rings (SSSR count). The number of nitrogens with zero attached hydrogens (tertiary/aromatic N) is 4. The minimum atomic E-state index is -1.66. The number of rotatable bonds is 14. The zero-order valence-electron chi connectivity index (χ0n) is 30.3. The SMILES string of the molecule is CC(=O)C(N=Nc1cc(Cl)cc(C(=O)Nc2ccccc2)c1)C(=O)Nc1cc(Cl)c(NC(=O)C(N=Nc2cc(Cl)cc(C(=O)Nc3ccccc3)c2)C(C)=O)c(Cl)c1. The van der Waals surface area contributed by atoms with Crippen molar-refractivity contribution in [3.63, 3.8) is 0 Å². The maximum Gasteiger partial charge on any atom is 0.258 e. The first-order chi connectivity index (χ1) is 27.7. The molecule has 0 aliphatic heterocycles. The maximum absolute atomic E-state index is 13.2. The van der Waals surface area contributed by atoms with E-state index in [9.17, 15) is 28.8 Å². The van der Waals surface area contributed by atoms with Crippen molar-refractivity contribution in [3.8, 4) is 0 Å². The Morgan fingerprint density at radius 2 is 0.879 bits per heavy atom. The summed E-state index contributed by atoms with van der Waals surface area (Å²) in [6, 6.07) is 25.0. The monoisotopic (exact) mass is 858 g/mol. The number of carbonyl (C=O) groups excluding carboxylic acids is 6. The number of Topliss-reactive ketones (excluding diaryl/α,β-unsaturated/α-hetero) is 2. The molecule has 5 aromatic rings. The number of carbonyl (C=O) groups is 6. The molecule has 14 nitrogen and oxygen atoms in total. The van der Waals surface area contributed by atoms with E-state index >= 15 is 0 Å². The smallest absolute Gasteiger partial charge is 0.258 e. The summed E-state index contributed by atoms with van der Waals surface area (Å²) < 4.78 is 0. The number of ketones is 2. The van der Waals surface area contributed by atoms with Crippen LogP contribution in [0.15, 0.2) is 130 Å². The van der Waals surface area contributed by atoms with Gasteiger partial charge in [-0.1, -0.05) is 82.8 Å². The predicted molar refractivity (Wildman–Crippen MR) is 223 cm³/mol. The van der Waals surface area contributed by atoms with Crippen molar-refractivity contribution >= 4 is 116 Å². The molecule has 5 aromatic carbocycles. The van der Waals surface area contributed by atoms with E-state index in [0.717, 1.165) is 13.8 Å². The molecule has 2 unspecified atom stereocenters. The molecule has 4 N–H and O–H groups in total. The number of para-hydroxylation sites is 2. The summed E-state index contributed by atoms with van der Waals surface area (Å²) in [5, 5.41) is 26.2. The number of amides is 4. The Balaban J connectivity index is 1.26. The van der Waals surface area contributed by atoms with Gasteiger partial charge in [-0.05, 0) is 86.6 Å². The third-order valence-electron chi connectivity index (χ3n) is 7.75. The highest BCUT2D eigenvalue weighted by Gasteiger charge is 2.27. The van der Waals surface area contributed by atoms with E-state index in [2.05, 4.69) is 41.7 Å². The van der Waals surface area contributed by atoms with Crippen molar-refractivity contribution in [3.05, 3.63) is 140 Å². The van der Waals surface area contributed by atoms with Crippen LogP contribution in [0.5, 0.6) is 0 Å². The van der Waals surface area contributed by atoms with Crippen LogP contribution in [0.4, 0.5) is 34.1 Å². The van der Waals surface area contributed by atoms with Gasteiger partial charge in [0.15, 0.2) is 11.6 Å². The van der Waals surface area contributed by atoms with Crippen LogP contribution in [0.25, 0.3) is 0 Å². The van der Waals surface area contributed by atoms with Crippen LogP contribution in [0.1, 0.15) is 34.6 Å². The van der Waals surface area contributed by atoms with Crippen LogP contribution in [0.3, 0.4) is 0 Å². The average molecular weight is 861 g/mol. The molecule has 0 aromatic heterocycles. The van der Waals surface area contributed by atoms with E-state index in [1.165, 1.54) is 48.5 Å². The zero-order chi connectivity index (χ0) is 41.9. The van der Waals surface area contributed by atoms with Crippen molar-refractivity contribution in [2.75, 3.05) is 21.3 Å². The summed E-state index contributed by atoms with van der Waals surface area (Å²) in [6.45, 7) is 2.26. The van der Waals surface area contributed by atoms with Gasteiger partial charge in [-0.25, -0.2) is 0 Å². The second-order valence-electron chi connectivity index (χ2n) is 12.3. The van der Waals surface area contributed by atoms with Crippen molar-refractivity contribution in [2.45, 2.75) is 25.9 Å². The van der Waals surface area contributed by atoms with Gasteiger partial charge in [-0.15, -0.1) is 0 Å². The lowest BCUT2D eigenvalue weighted by atomic mass is 10.1. The van der Waals surface area contributed by atoms with Crippen LogP contribution in [-0.2, 0) is 19.2 Å². The molecule has 4 amide bonds. The van der Waals surface area contributed by atoms with Crippen LogP contribution in [-0.4, -0.2) is 47.3 Å². The largest absolute Gasteiger partial charge is 0.324 e. The van der Waals surface area contributed by atoms with Crippen LogP contribution in [0, 0.1) is 0 Å². The fourth-order valence-corrected chi connectivity index (χ4v) is 6.07. The second-order valence-corrected chi connectivity index (χ2v) is 14.0. The molecule has 0 radical (unpaired) electrons. The molecule has 58 heavy (non-hydrogen) atoms. The Hall–Kier alpha value is -6.32. The van der Waals surface area contributed by atoms with Crippen molar-refractivity contribution in [2.24, 2.45) is 20.5 Å². The highest BCUT2D eigenvalue weighted by molar-refractivity contribution is 6.40. The molecular formula is C40H30Cl4N8O6. The quantitative estimate of drug-likeness (QED) is 0.0632. The van der Waals surface area contributed by atoms with Gasteiger partial charge in [0.05, 0.1) is 27.1 Å². The topological polar surface area (TPSA) is 200 Å². The van der Waals surface area contributed by atoms with Gasteiger partial charge < -0.3 is 21.3 Å². The van der Waals surface area contributed by atoms with Gasteiger partial charge in [0, 0.05) is 38.2 Å². The van der Waals surface area contributed by atoms with Gasteiger partial charge in [0.25, 0.3) is 23.6 Å². The van der Waals surface area contributed by atoms with Crippen LogP contribution >= 0.6 is 46.4 Å². The molecule has 18 heteroatoms. The Kier molecular flexibility index (Phi) is 14.5. The fraction of sp³-hybridized carbons (Fsp3) is 0.100. The fourth-order valence-electron chi connectivity index (χ4n) is 5.03. The van der Waals surface area contributed by atoms with Crippen LogP contribution < -0.4 is 21.3 Å². The summed E-state index contributed by atoms with van der Waals surface area (Å²) in [7, 11) is 0. The summed E-state index contributed by atoms with van der Waals surface area (Å²) >= 11 is 25.3. The number of azo groups is 2. The lowest BCUT2D eigenvalue weighted by Crippen LogP contribution is -2.32.